The molecule has 0 amide bonds. The third kappa shape index (κ3) is 2.52. The Labute approximate surface area is 94.8 Å². The first-order valence-corrected chi connectivity index (χ1v) is 5.12. The second kappa shape index (κ2) is 5.19. The number of nitrogens with two attached hydrogens (primary N) is 1. The largest absolute Gasteiger partial charge is 0.489 e. The SMILES string of the molecule is NNc1ccccc1COc1ccccc1. The number of para-hydroxylation sites is 2. The highest BCUT2D eigenvalue weighted by Crippen LogP contribution is 2.17. The van der Waals surface area contributed by atoms with Crippen LogP contribution in [0.15, 0.2) is 54.6 Å². The lowest BCUT2D eigenvalue weighted by molar-refractivity contribution is 0.307. The summed E-state index contributed by atoms with van der Waals surface area (Å²) in [5.74, 6) is 6.27. The molecular formula is C13H14N2O. The molecule has 2 rings (SSSR count). The van der Waals surface area contributed by atoms with Crippen LogP contribution >= 0.6 is 0 Å². The molecular weight excluding hydrogens is 200 g/mol. The van der Waals surface area contributed by atoms with Gasteiger partial charge >= 0.3 is 0 Å². The van der Waals surface area contributed by atoms with Gasteiger partial charge in [0.05, 0.1) is 5.69 Å². The summed E-state index contributed by atoms with van der Waals surface area (Å²) in [4.78, 5) is 0. The molecule has 0 radical (unpaired) electrons. The maximum absolute atomic E-state index is 5.64. The van der Waals surface area contributed by atoms with Crippen molar-refractivity contribution in [3.63, 3.8) is 0 Å². The Hall–Kier alpha value is -2.00. The summed E-state index contributed by atoms with van der Waals surface area (Å²) in [6, 6.07) is 17.5. The number of nitrogens with one attached hydrogen (secondary N) is 1. The monoisotopic (exact) mass is 214 g/mol. The fraction of sp³-hybridized carbons (Fsp3) is 0.0769. The van der Waals surface area contributed by atoms with Gasteiger partial charge in [-0.25, -0.2) is 0 Å². The molecule has 0 saturated heterocycles. The van der Waals surface area contributed by atoms with E-state index in [1.165, 1.54) is 0 Å². The van der Waals surface area contributed by atoms with Crippen LogP contribution in [0.25, 0.3) is 0 Å². The number of hydrogen-bond acceptors (Lipinski definition) is 3. The summed E-state index contributed by atoms with van der Waals surface area (Å²) in [6.45, 7) is 0.504. The first kappa shape index (κ1) is 10.5. The van der Waals surface area contributed by atoms with Gasteiger partial charge in [-0.2, -0.15) is 0 Å². The molecule has 0 saturated carbocycles. The Balaban J connectivity index is 2.05. The molecule has 16 heavy (non-hydrogen) atoms. The van der Waals surface area contributed by atoms with Crippen molar-refractivity contribution in [1.29, 1.82) is 0 Å². The van der Waals surface area contributed by atoms with Crippen molar-refractivity contribution < 1.29 is 4.74 Å². The van der Waals surface area contributed by atoms with Gasteiger partial charge in [-0.3, -0.25) is 5.84 Å². The number of ether oxygens (including phenoxy) is 1. The van der Waals surface area contributed by atoms with Crippen molar-refractivity contribution in [2.75, 3.05) is 5.43 Å². The Bertz CT molecular complexity index is 443. The van der Waals surface area contributed by atoms with E-state index in [0.717, 1.165) is 17.0 Å². The summed E-state index contributed by atoms with van der Waals surface area (Å²) in [7, 11) is 0. The smallest absolute Gasteiger partial charge is 0.119 e. The molecule has 82 valence electrons. The summed E-state index contributed by atoms with van der Waals surface area (Å²) < 4.78 is 5.64. The van der Waals surface area contributed by atoms with Crippen molar-refractivity contribution in [1.82, 2.24) is 0 Å². The van der Waals surface area contributed by atoms with Gasteiger partial charge in [0.1, 0.15) is 12.4 Å². The number of hydrogen-bond donors (Lipinski definition) is 2. The van der Waals surface area contributed by atoms with E-state index in [9.17, 15) is 0 Å². The molecule has 0 aliphatic carbocycles. The molecule has 0 fully saturated rings. The molecule has 0 atom stereocenters. The van der Waals surface area contributed by atoms with Gasteiger partial charge in [-0.05, 0) is 18.2 Å². The van der Waals surface area contributed by atoms with Crippen molar-refractivity contribution in [3.05, 3.63) is 60.2 Å². The molecule has 0 spiro atoms. The third-order valence-electron chi connectivity index (χ3n) is 2.31. The minimum absolute atomic E-state index is 0.504. The van der Waals surface area contributed by atoms with E-state index in [0.29, 0.717) is 6.61 Å². The minimum atomic E-state index is 0.504. The van der Waals surface area contributed by atoms with Crippen molar-refractivity contribution in [2.45, 2.75) is 6.61 Å². The maximum atomic E-state index is 5.64. The molecule has 0 bridgehead atoms. The van der Waals surface area contributed by atoms with E-state index in [-0.39, 0.29) is 0 Å². The molecule has 0 aromatic heterocycles. The van der Waals surface area contributed by atoms with Crippen LogP contribution in [0.3, 0.4) is 0 Å². The fourth-order valence-electron chi connectivity index (χ4n) is 1.46. The number of benzene rings is 2. The lowest BCUT2D eigenvalue weighted by atomic mass is 10.2. The van der Waals surface area contributed by atoms with Crippen LogP contribution in [0.4, 0.5) is 5.69 Å². The second-order valence-electron chi connectivity index (χ2n) is 3.40. The minimum Gasteiger partial charge on any atom is -0.489 e. The Morgan fingerprint density at radius 2 is 1.62 bits per heavy atom. The van der Waals surface area contributed by atoms with Gasteiger partial charge in [-0.1, -0.05) is 36.4 Å². The van der Waals surface area contributed by atoms with Crippen LogP contribution in [0.5, 0.6) is 5.75 Å². The third-order valence-corrected chi connectivity index (χ3v) is 2.31. The quantitative estimate of drug-likeness (QED) is 0.607. The van der Waals surface area contributed by atoms with E-state index in [2.05, 4.69) is 5.43 Å². The summed E-state index contributed by atoms with van der Waals surface area (Å²) in [6.07, 6.45) is 0. The Morgan fingerprint density at radius 1 is 0.938 bits per heavy atom. The normalized spacial score (nSPS) is 9.81. The molecule has 0 unspecified atom stereocenters. The van der Waals surface area contributed by atoms with Gasteiger partial charge in [0.25, 0.3) is 0 Å². The van der Waals surface area contributed by atoms with Crippen molar-refractivity contribution >= 4 is 5.69 Å². The van der Waals surface area contributed by atoms with Crippen LogP contribution in [0.1, 0.15) is 5.56 Å². The average molecular weight is 214 g/mol. The number of anilines is 1. The van der Waals surface area contributed by atoms with Gasteiger partial charge in [0.2, 0.25) is 0 Å². The highest BCUT2D eigenvalue weighted by molar-refractivity contribution is 5.49. The first-order valence-electron chi connectivity index (χ1n) is 5.12. The number of rotatable bonds is 4. The van der Waals surface area contributed by atoms with E-state index < -0.39 is 0 Å². The Morgan fingerprint density at radius 3 is 2.38 bits per heavy atom. The fourth-order valence-corrected chi connectivity index (χ4v) is 1.46. The second-order valence-corrected chi connectivity index (χ2v) is 3.40. The molecule has 3 nitrogen and oxygen atoms in total. The lowest BCUT2D eigenvalue weighted by Gasteiger charge is -2.10. The highest BCUT2D eigenvalue weighted by atomic mass is 16.5. The zero-order valence-corrected chi connectivity index (χ0v) is 8.89. The predicted molar refractivity (Wildman–Crippen MR) is 65.0 cm³/mol. The molecule has 0 aliphatic heterocycles. The predicted octanol–water partition coefficient (Wildman–Crippen LogP) is 2.55. The van der Waals surface area contributed by atoms with Gasteiger partial charge < -0.3 is 10.2 Å². The lowest BCUT2D eigenvalue weighted by Crippen LogP contribution is -2.10. The van der Waals surface area contributed by atoms with Crippen LogP contribution in [-0.2, 0) is 6.61 Å². The molecule has 0 heterocycles. The van der Waals surface area contributed by atoms with E-state index in [4.69, 9.17) is 10.6 Å². The molecule has 3 heteroatoms. The van der Waals surface area contributed by atoms with E-state index >= 15 is 0 Å². The molecule has 2 aromatic carbocycles. The van der Waals surface area contributed by atoms with Crippen LogP contribution in [0, 0.1) is 0 Å². The molecule has 2 aromatic rings. The van der Waals surface area contributed by atoms with Gasteiger partial charge in [-0.15, -0.1) is 0 Å². The summed E-state index contributed by atoms with van der Waals surface area (Å²) in [5, 5.41) is 0. The zero-order valence-electron chi connectivity index (χ0n) is 8.89. The van der Waals surface area contributed by atoms with Crippen LogP contribution in [-0.4, -0.2) is 0 Å². The number of nitrogen functional groups attached to an aromatic ring is 1. The van der Waals surface area contributed by atoms with E-state index in [1.54, 1.807) is 0 Å². The van der Waals surface area contributed by atoms with Crippen molar-refractivity contribution in [2.24, 2.45) is 5.84 Å². The van der Waals surface area contributed by atoms with Gasteiger partial charge in [0.15, 0.2) is 0 Å². The van der Waals surface area contributed by atoms with Crippen LogP contribution in [0.2, 0.25) is 0 Å². The number of hydrazine groups is 1. The topological polar surface area (TPSA) is 47.3 Å². The van der Waals surface area contributed by atoms with E-state index in [1.807, 2.05) is 54.6 Å². The van der Waals surface area contributed by atoms with Gasteiger partial charge in [0, 0.05) is 5.56 Å². The highest BCUT2D eigenvalue weighted by Gasteiger charge is 2.00. The zero-order chi connectivity index (χ0) is 11.2. The average Bonchev–Trinajstić information content (AvgIpc) is 2.38. The van der Waals surface area contributed by atoms with Crippen LogP contribution < -0.4 is 16.0 Å². The summed E-state index contributed by atoms with van der Waals surface area (Å²) >= 11 is 0. The standard InChI is InChI=1S/C13H14N2O/c14-15-13-9-5-4-6-11(13)10-16-12-7-2-1-3-8-12/h1-9,15H,10,14H2. The summed E-state index contributed by atoms with van der Waals surface area (Å²) in [5.41, 5.74) is 4.58. The first-order chi connectivity index (χ1) is 7.90. The molecule has 3 N–H and O–H groups in total. The molecule has 0 aliphatic rings. The Kier molecular flexibility index (Phi) is 3.41. The van der Waals surface area contributed by atoms with Crippen molar-refractivity contribution in [3.8, 4) is 5.75 Å². The maximum Gasteiger partial charge on any atom is 0.119 e.